The summed E-state index contributed by atoms with van der Waals surface area (Å²) in [6.07, 6.45) is 1.08. The highest BCUT2D eigenvalue weighted by atomic mass is 17.2. The van der Waals surface area contributed by atoms with Crippen molar-refractivity contribution in [3.63, 3.8) is 0 Å². The Balaban J connectivity index is 1.43. The average Bonchev–Trinajstić information content (AvgIpc) is 3.14. The van der Waals surface area contributed by atoms with E-state index in [4.69, 9.17) is 19.2 Å². The predicted octanol–water partition coefficient (Wildman–Crippen LogP) is 3.56. The lowest BCUT2D eigenvalue weighted by molar-refractivity contribution is -0.349. The van der Waals surface area contributed by atoms with E-state index in [9.17, 15) is 19.8 Å². The minimum absolute atomic E-state index is 0.00954. The van der Waals surface area contributed by atoms with E-state index < -0.39 is 57.5 Å². The minimum Gasteiger partial charge on any atom is -0.430 e. The monoisotopic (exact) mass is 532 g/mol. The van der Waals surface area contributed by atoms with Gasteiger partial charge in [-0.25, -0.2) is 14.6 Å². The van der Waals surface area contributed by atoms with Crippen LogP contribution >= 0.6 is 0 Å². The van der Waals surface area contributed by atoms with Crippen molar-refractivity contribution in [3.8, 4) is 0 Å². The molecule has 0 aromatic heterocycles. The molecule has 4 aliphatic carbocycles. The molecule has 3 heterocycles. The number of carbonyl (C=O) groups is 2. The molecule has 13 atom stereocenters. The molecule has 8 heteroatoms. The Morgan fingerprint density at radius 1 is 0.842 bits per heavy atom. The number of aliphatic hydroxyl groups excluding tert-OH is 1. The van der Waals surface area contributed by atoms with Crippen LogP contribution in [0.15, 0.2) is 0 Å². The van der Waals surface area contributed by atoms with Crippen molar-refractivity contribution in [1.29, 1.82) is 0 Å². The van der Waals surface area contributed by atoms with Gasteiger partial charge >= 0.3 is 5.97 Å². The van der Waals surface area contributed by atoms with Crippen molar-refractivity contribution in [2.45, 2.75) is 122 Å². The van der Waals surface area contributed by atoms with Crippen LogP contribution in [0.3, 0.4) is 0 Å². The highest BCUT2D eigenvalue weighted by molar-refractivity contribution is 5.91. The molecule has 0 radical (unpaired) electrons. The van der Waals surface area contributed by atoms with E-state index in [2.05, 4.69) is 34.6 Å². The first-order chi connectivity index (χ1) is 17.5. The molecule has 212 valence electrons. The third-order valence-corrected chi connectivity index (χ3v) is 13.6. The number of Topliss-reactive ketones (excluding diaryl/α,β-unsaturated/α-hetero) is 1. The Kier molecular flexibility index (Phi) is 4.68. The number of ether oxygens (including phenoxy) is 2. The minimum atomic E-state index is -1.81. The second-order valence-corrected chi connectivity index (χ2v) is 15.5. The lowest BCUT2D eigenvalue weighted by Crippen LogP contribution is -2.76. The molecule has 2 bridgehead atoms. The summed E-state index contributed by atoms with van der Waals surface area (Å²) in [5.41, 5.74) is -5.79. The van der Waals surface area contributed by atoms with Crippen LogP contribution in [0.1, 0.15) is 87.5 Å². The molecule has 0 aromatic carbocycles. The van der Waals surface area contributed by atoms with Gasteiger partial charge in [-0.05, 0) is 62.7 Å². The maximum Gasteiger partial charge on any atom is 0.344 e. The number of hydrogen-bond donors (Lipinski definition) is 2. The van der Waals surface area contributed by atoms with E-state index in [-0.39, 0.29) is 47.2 Å². The van der Waals surface area contributed by atoms with Crippen LogP contribution in [0.5, 0.6) is 0 Å². The molecular weight excluding hydrogens is 488 g/mol. The highest BCUT2D eigenvalue weighted by Gasteiger charge is 2.92. The fourth-order valence-corrected chi connectivity index (χ4v) is 11.8. The van der Waals surface area contributed by atoms with Gasteiger partial charge in [-0.1, -0.05) is 41.5 Å². The van der Waals surface area contributed by atoms with Gasteiger partial charge in [-0.2, -0.15) is 0 Å². The number of rotatable bonds is 1. The van der Waals surface area contributed by atoms with Gasteiger partial charge in [-0.15, -0.1) is 0 Å². The van der Waals surface area contributed by atoms with Crippen molar-refractivity contribution >= 4 is 11.8 Å². The summed E-state index contributed by atoms with van der Waals surface area (Å²) in [5.74, 6) is -3.30. The van der Waals surface area contributed by atoms with Crippen LogP contribution in [0.4, 0.5) is 0 Å². The quantitative estimate of drug-likeness (QED) is 0.390. The summed E-state index contributed by atoms with van der Waals surface area (Å²) in [5, 5.41) is 24.5. The van der Waals surface area contributed by atoms with Crippen molar-refractivity contribution in [2.75, 3.05) is 0 Å². The molecule has 8 nitrogen and oxygen atoms in total. The van der Waals surface area contributed by atoms with Gasteiger partial charge in [-0.3, -0.25) is 4.79 Å². The number of esters is 1. The fraction of sp³-hybridized carbons (Fsp3) is 0.933. The summed E-state index contributed by atoms with van der Waals surface area (Å²) in [4.78, 5) is 39.7. The van der Waals surface area contributed by atoms with Gasteiger partial charge in [0.25, 0.3) is 0 Å². The molecular formula is C30H44O8. The molecule has 0 amide bonds. The second kappa shape index (κ2) is 6.87. The number of hydrogen-bond acceptors (Lipinski definition) is 8. The second-order valence-electron chi connectivity index (χ2n) is 15.5. The van der Waals surface area contributed by atoms with E-state index >= 15 is 0 Å². The van der Waals surface area contributed by atoms with Crippen molar-refractivity contribution in [3.05, 3.63) is 0 Å². The molecule has 3 saturated heterocycles. The number of carbonyl (C=O) groups excluding carboxylic acids is 2. The van der Waals surface area contributed by atoms with Crippen LogP contribution in [-0.2, 0) is 28.8 Å². The molecule has 7 aliphatic rings. The lowest BCUT2D eigenvalue weighted by atomic mass is 9.42. The predicted molar refractivity (Wildman–Crippen MR) is 134 cm³/mol. The number of fused-ring (bicyclic) bond motifs is 7. The topological polar surface area (TPSA) is 112 Å². The maximum absolute atomic E-state index is 14.2. The zero-order valence-electron chi connectivity index (χ0n) is 24.0. The Morgan fingerprint density at radius 2 is 1.47 bits per heavy atom. The van der Waals surface area contributed by atoms with E-state index in [1.54, 1.807) is 0 Å². The maximum atomic E-state index is 14.2. The number of aliphatic hydroxyl groups is 2. The summed E-state index contributed by atoms with van der Waals surface area (Å²) >= 11 is 0. The van der Waals surface area contributed by atoms with E-state index in [0.717, 1.165) is 12.8 Å². The van der Waals surface area contributed by atoms with Crippen molar-refractivity contribution < 1.29 is 39.1 Å². The summed E-state index contributed by atoms with van der Waals surface area (Å²) in [6.45, 7) is 16.6. The number of ketones is 1. The van der Waals surface area contributed by atoms with Gasteiger partial charge in [0.15, 0.2) is 5.78 Å². The Hall–Kier alpha value is -1.06. The fourth-order valence-electron chi connectivity index (χ4n) is 11.8. The molecule has 7 fully saturated rings. The van der Waals surface area contributed by atoms with E-state index in [1.165, 1.54) is 0 Å². The Labute approximate surface area is 225 Å². The molecule has 0 aromatic rings. The van der Waals surface area contributed by atoms with Crippen molar-refractivity contribution in [2.24, 2.45) is 51.8 Å². The SMILES string of the molecule is C[C@@H]1CC[C@H](O)[C@]23O[C@]([C@H]4CC[C@H](C)[C@@]5(C)[C@@H]6[C@H](CC(=O)[C@@]45O)OOC6(C)C)(OC2=O)[C@@H]2[C@@H](C2(C)C)[C@@]13C. The molecule has 4 saturated carbocycles. The van der Waals surface area contributed by atoms with Gasteiger partial charge < -0.3 is 19.7 Å². The average molecular weight is 533 g/mol. The van der Waals surface area contributed by atoms with E-state index in [0.29, 0.717) is 12.8 Å². The van der Waals surface area contributed by atoms with Crippen LogP contribution < -0.4 is 0 Å². The van der Waals surface area contributed by atoms with Crippen LogP contribution in [0.2, 0.25) is 0 Å². The van der Waals surface area contributed by atoms with Crippen LogP contribution in [0.25, 0.3) is 0 Å². The summed E-state index contributed by atoms with van der Waals surface area (Å²) in [6, 6.07) is 0. The van der Waals surface area contributed by atoms with E-state index in [1.807, 2.05) is 20.8 Å². The first-order valence-corrected chi connectivity index (χ1v) is 14.7. The van der Waals surface area contributed by atoms with Gasteiger partial charge in [0.2, 0.25) is 11.4 Å². The zero-order chi connectivity index (χ0) is 27.6. The smallest absolute Gasteiger partial charge is 0.344 e. The molecule has 1 spiro atoms. The third-order valence-electron chi connectivity index (χ3n) is 13.6. The summed E-state index contributed by atoms with van der Waals surface area (Å²) < 4.78 is 13.5. The normalized spacial score (nSPS) is 61.3. The molecule has 3 aliphatic heterocycles. The van der Waals surface area contributed by atoms with Gasteiger partial charge in [0.1, 0.15) is 17.3 Å². The third kappa shape index (κ3) is 2.31. The van der Waals surface area contributed by atoms with Crippen molar-refractivity contribution in [1.82, 2.24) is 0 Å². The standard InChI is InChI=1S/C30H44O8/c1-14-9-11-17(28(34)19(32)13-16-20(26(14,28)7)25(5,6)38-36-16)30-22-21(24(22,3)4)27(8)15(2)10-12-18(31)29(27,37-30)23(33)35-30/h14-18,20-22,31,34H,9-13H2,1-8H3/t14-,15+,16-,17-,18-,20+,21-,22+,26-,27+,28-,29-,30-/m0/s1. The molecule has 0 unspecified atom stereocenters. The summed E-state index contributed by atoms with van der Waals surface area (Å²) in [7, 11) is 0. The largest absolute Gasteiger partial charge is 0.430 e. The molecule has 7 rings (SSSR count). The van der Waals surface area contributed by atoms with Crippen LogP contribution in [0, 0.1) is 51.8 Å². The van der Waals surface area contributed by atoms with Gasteiger partial charge in [0.05, 0.1) is 12.0 Å². The van der Waals surface area contributed by atoms with Crippen LogP contribution in [-0.4, -0.2) is 56.8 Å². The zero-order valence-corrected chi connectivity index (χ0v) is 24.0. The van der Waals surface area contributed by atoms with Gasteiger partial charge in [0, 0.05) is 29.1 Å². The first kappa shape index (κ1) is 25.9. The molecule has 38 heavy (non-hydrogen) atoms. The molecule has 2 N–H and O–H groups in total. The first-order valence-electron chi connectivity index (χ1n) is 14.7. The lowest BCUT2D eigenvalue weighted by Gasteiger charge is -2.65. The Morgan fingerprint density at radius 3 is 2.16 bits per heavy atom. The highest BCUT2D eigenvalue weighted by Crippen LogP contribution is 2.84. The Bertz CT molecular complexity index is 1130.